The summed E-state index contributed by atoms with van der Waals surface area (Å²) in [6.45, 7) is 5.04. The molecule has 0 bridgehead atoms. The molecule has 0 aliphatic carbocycles. The summed E-state index contributed by atoms with van der Waals surface area (Å²) >= 11 is 0. The van der Waals surface area contributed by atoms with Gasteiger partial charge in [0.2, 0.25) is 0 Å². The highest BCUT2D eigenvalue weighted by atomic mass is 16.7. The number of nitrogens with two attached hydrogens (primary N) is 2. The summed E-state index contributed by atoms with van der Waals surface area (Å²) in [5.74, 6) is 0. The molecule has 0 radical (unpaired) electrons. The number of ether oxygens (including phenoxy) is 1. The Bertz CT molecular complexity index is 157. The molecule has 0 fully saturated rings. The molecule has 0 spiro atoms. The Morgan fingerprint density at radius 3 is 1.50 bits per heavy atom. The van der Waals surface area contributed by atoms with Crippen molar-refractivity contribution in [1.29, 1.82) is 0 Å². The Hall–Kier alpha value is -1.46. The number of rotatable bonds is 0. The second-order valence-electron chi connectivity index (χ2n) is 2.88. The number of amides is 2. The second kappa shape index (κ2) is 5.22. The molecular formula is C6H14N2O4. The van der Waals surface area contributed by atoms with Crippen molar-refractivity contribution in [2.45, 2.75) is 26.4 Å². The van der Waals surface area contributed by atoms with Gasteiger partial charge in [-0.05, 0) is 20.8 Å². The van der Waals surface area contributed by atoms with Gasteiger partial charge in [0.25, 0.3) is 0 Å². The molecule has 5 N–H and O–H groups in total. The Morgan fingerprint density at radius 2 is 1.50 bits per heavy atom. The average molecular weight is 178 g/mol. The van der Waals surface area contributed by atoms with Crippen LogP contribution in [-0.4, -0.2) is 22.9 Å². The molecule has 6 heteroatoms. The maximum atomic E-state index is 9.79. The van der Waals surface area contributed by atoms with Gasteiger partial charge in [0.15, 0.2) is 0 Å². The lowest BCUT2D eigenvalue weighted by Crippen LogP contribution is -2.22. The van der Waals surface area contributed by atoms with E-state index in [0.29, 0.717) is 0 Å². The molecule has 0 aromatic rings. The molecule has 0 saturated carbocycles. The van der Waals surface area contributed by atoms with Gasteiger partial charge in [-0.3, -0.25) is 0 Å². The van der Waals surface area contributed by atoms with E-state index in [1.165, 1.54) is 0 Å². The fourth-order valence-corrected chi connectivity index (χ4v) is 0.262. The van der Waals surface area contributed by atoms with Crippen LogP contribution in [-0.2, 0) is 4.74 Å². The molecule has 0 saturated heterocycles. The fourth-order valence-electron chi connectivity index (χ4n) is 0.262. The molecule has 0 unspecified atom stereocenters. The van der Waals surface area contributed by atoms with Gasteiger partial charge >= 0.3 is 12.2 Å². The maximum Gasteiger partial charge on any atom is 0.506 e. The van der Waals surface area contributed by atoms with Gasteiger partial charge in [0.05, 0.1) is 0 Å². The SMILES string of the molecule is CC(C)(C)OC(=O)O.NC(N)=O. The predicted molar refractivity (Wildman–Crippen MR) is 42.6 cm³/mol. The molecule has 0 atom stereocenters. The highest BCUT2D eigenvalue weighted by molar-refractivity contribution is 5.69. The van der Waals surface area contributed by atoms with E-state index in [-0.39, 0.29) is 0 Å². The van der Waals surface area contributed by atoms with Crippen molar-refractivity contribution in [2.75, 3.05) is 0 Å². The smallest absolute Gasteiger partial charge is 0.450 e. The lowest BCUT2D eigenvalue weighted by atomic mass is 10.2. The summed E-state index contributed by atoms with van der Waals surface area (Å²) < 4.78 is 4.35. The third-order valence-corrected chi connectivity index (χ3v) is 0.393. The summed E-state index contributed by atoms with van der Waals surface area (Å²) in [4.78, 5) is 18.8. The highest BCUT2D eigenvalue weighted by Gasteiger charge is 2.13. The molecular weight excluding hydrogens is 164 g/mol. The van der Waals surface area contributed by atoms with Crippen LogP contribution >= 0.6 is 0 Å². The van der Waals surface area contributed by atoms with E-state index in [4.69, 9.17) is 9.90 Å². The first-order valence-corrected chi connectivity index (χ1v) is 3.12. The van der Waals surface area contributed by atoms with E-state index in [1.54, 1.807) is 20.8 Å². The molecule has 0 aromatic carbocycles. The molecule has 0 heterocycles. The number of carbonyl (C=O) groups excluding carboxylic acids is 1. The Labute approximate surface area is 70.5 Å². The van der Waals surface area contributed by atoms with Gasteiger partial charge in [0, 0.05) is 0 Å². The van der Waals surface area contributed by atoms with Crippen LogP contribution in [0.1, 0.15) is 20.8 Å². The van der Waals surface area contributed by atoms with Crippen molar-refractivity contribution in [3.63, 3.8) is 0 Å². The third kappa shape index (κ3) is 38.7. The Balaban J connectivity index is 0. The number of hydrogen-bond acceptors (Lipinski definition) is 3. The van der Waals surface area contributed by atoms with Crippen molar-refractivity contribution in [2.24, 2.45) is 11.5 Å². The molecule has 12 heavy (non-hydrogen) atoms. The second-order valence-corrected chi connectivity index (χ2v) is 2.88. The van der Waals surface area contributed by atoms with Crippen molar-refractivity contribution >= 4 is 12.2 Å². The molecule has 6 nitrogen and oxygen atoms in total. The molecule has 0 aliphatic rings. The largest absolute Gasteiger partial charge is 0.506 e. The lowest BCUT2D eigenvalue weighted by molar-refractivity contribution is 0.0150. The summed E-state index contributed by atoms with van der Waals surface area (Å²) in [6.07, 6.45) is -1.22. The molecule has 0 rings (SSSR count). The van der Waals surface area contributed by atoms with Crippen LogP contribution in [0.15, 0.2) is 0 Å². The summed E-state index contributed by atoms with van der Waals surface area (Å²) in [6, 6.07) is -0.833. The van der Waals surface area contributed by atoms with E-state index in [0.717, 1.165) is 0 Å². The van der Waals surface area contributed by atoms with Gasteiger partial charge in [-0.2, -0.15) is 0 Å². The summed E-state index contributed by atoms with van der Waals surface area (Å²) in [5, 5.41) is 8.03. The normalized spacial score (nSPS) is 9.25. The number of primary amides is 2. The van der Waals surface area contributed by atoms with Crippen molar-refractivity contribution < 1.29 is 19.4 Å². The average Bonchev–Trinajstić information content (AvgIpc) is 1.52. The fraction of sp³-hybridized carbons (Fsp3) is 0.667. The highest BCUT2D eigenvalue weighted by Crippen LogP contribution is 2.05. The predicted octanol–water partition coefficient (Wildman–Crippen LogP) is 0.503. The number of urea groups is 1. The monoisotopic (exact) mass is 178 g/mol. The number of hydrogen-bond donors (Lipinski definition) is 3. The quantitative estimate of drug-likeness (QED) is 0.468. The minimum atomic E-state index is -1.22. The van der Waals surface area contributed by atoms with Crippen LogP contribution < -0.4 is 11.5 Å². The van der Waals surface area contributed by atoms with Crippen LogP contribution in [0.3, 0.4) is 0 Å². The Kier molecular flexibility index (Phi) is 5.73. The van der Waals surface area contributed by atoms with Gasteiger partial charge < -0.3 is 21.3 Å². The van der Waals surface area contributed by atoms with Crippen molar-refractivity contribution in [3.05, 3.63) is 0 Å². The van der Waals surface area contributed by atoms with Crippen LogP contribution in [0.25, 0.3) is 0 Å². The van der Waals surface area contributed by atoms with Gasteiger partial charge in [-0.15, -0.1) is 0 Å². The standard InChI is InChI=1S/C5H10O3.CH4N2O/c1-5(2,3)8-4(6)7;2-1(3)4/h1-3H3,(H,6,7);(H4,2,3,4). The number of carbonyl (C=O) groups is 2. The minimum absolute atomic E-state index is 0.578. The first kappa shape index (κ1) is 13.2. The van der Waals surface area contributed by atoms with E-state index >= 15 is 0 Å². The van der Waals surface area contributed by atoms with Crippen LogP contribution in [0.2, 0.25) is 0 Å². The molecule has 72 valence electrons. The van der Waals surface area contributed by atoms with Gasteiger partial charge in [0.1, 0.15) is 5.60 Å². The first-order chi connectivity index (χ1) is 5.15. The van der Waals surface area contributed by atoms with Gasteiger partial charge in [-0.25, -0.2) is 9.59 Å². The maximum absolute atomic E-state index is 9.79. The summed E-state index contributed by atoms with van der Waals surface area (Å²) in [7, 11) is 0. The van der Waals surface area contributed by atoms with E-state index in [1.807, 2.05) is 0 Å². The zero-order chi connectivity index (χ0) is 10.4. The summed E-state index contributed by atoms with van der Waals surface area (Å²) in [5.41, 5.74) is 7.92. The van der Waals surface area contributed by atoms with Crippen molar-refractivity contribution in [3.8, 4) is 0 Å². The van der Waals surface area contributed by atoms with E-state index in [2.05, 4.69) is 16.2 Å². The number of carboxylic acid groups (broad SMARTS) is 1. The lowest BCUT2D eigenvalue weighted by Gasteiger charge is -2.15. The van der Waals surface area contributed by atoms with Crippen molar-refractivity contribution in [1.82, 2.24) is 0 Å². The topological polar surface area (TPSA) is 116 Å². The zero-order valence-electron chi connectivity index (χ0n) is 7.33. The van der Waals surface area contributed by atoms with Gasteiger partial charge in [-0.1, -0.05) is 0 Å². The minimum Gasteiger partial charge on any atom is -0.450 e. The zero-order valence-corrected chi connectivity index (χ0v) is 7.33. The molecule has 0 aliphatic heterocycles. The van der Waals surface area contributed by atoms with Crippen LogP contribution in [0.5, 0.6) is 0 Å². The third-order valence-electron chi connectivity index (χ3n) is 0.393. The van der Waals surface area contributed by atoms with Crippen LogP contribution in [0.4, 0.5) is 9.59 Å². The first-order valence-electron chi connectivity index (χ1n) is 3.12. The van der Waals surface area contributed by atoms with E-state index in [9.17, 15) is 4.79 Å². The Morgan fingerprint density at radius 1 is 1.25 bits per heavy atom. The van der Waals surface area contributed by atoms with Crippen LogP contribution in [0, 0.1) is 0 Å². The molecule has 2 amide bonds. The van der Waals surface area contributed by atoms with E-state index < -0.39 is 17.8 Å². The molecule has 0 aromatic heterocycles.